The van der Waals surface area contributed by atoms with E-state index >= 15 is 0 Å². The van der Waals surface area contributed by atoms with Gasteiger partial charge in [0.15, 0.2) is 0 Å². The molecule has 3 aromatic rings. The summed E-state index contributed by atoms with van der Waals surface area (Å²) in [5.41, 5.74) is 14.8. The second-order valence-corrected chi connectivity index (χ2v) is 6.74. The molecule has 0 radical (unpaired) electrons. The third-order valence-corrected chi connectivity index (χ3v) is 4.67. The molecule has 5 nitrogen and oxygen atoms in total. The normalized spacial score (nSPS) is 12.6. The minimum absolute atomic E-state index is 0.609. The quantitative estimate of drug-likeness (QED) is 0.446. The number of hydrogen-bond donors (Lipinski definition) is 3. The van der Waals surface area contributed by atoms with Crippen LogP contribution in [0.5, 0.6) is 0 Å². The van der Waals surface area contributed by atoms with Gasteiger partial charge in [-0.05, 0) is 85.3 Å². The Morgan fingerprint density at radius 1 is 0.667 bits per heavy atom. The first kappa shape index (κ1) is 15.8. The van der Waals surface area contributed by atoms with Crippen molar-refractivity contribution in [3.63, 3.8) is 0 Å². The van der Waals surface area contributed by atoms with Gasteiger partial charge in [-0.3, -0.25) is 0 Å². The van der Waals surface area contributed by atoms with Crippen LogP contribution in [0, 0.1) is 0 Å². The van der Waals surface area contributed by atoms with Gasteiger partial charge < -0.3 is 15.7 Å². The SMILES string of the molecule is NCCc1cc2cc3ccc(cc4nc(cc5nc(cc1[nH]2)C=C5)C=C4)[nH]3. The lowest BCUT2D eigenvalue weighted by Crippen LogP contribution is -2.01. The summed E-state index contributed by atoms with van der Waals surface area (Å²) in [5.74, 6) is 0. The van der Waals surface area contributed by atoms with E-state index in [4.69, 9.17) is 10.7 Å². The zero-order valence-corrected chi connectivity index (χ0v) is 14.7. The third kappa shape index (κ3) is 3.20. The Bertz CT molecular complexity index is 1240. The van der Waals surface area contributed by atoms with Crippen molar-refractivity contribution in [3.8, 4) is 0 Å². The summed E-state index contributed by atoms with van der Waals surface area (Å²) in [5, 5.41) is 0. The van der Waals surface area contributed by atoms with Gasteiger partial charge in [-0.1, -0.05) is 0 Å². The second-order valence-electron chi connectivity index (χ2n) is 6.74. The van der Waals surface area contributed by atoms with Crippen molar-refractivity contribution in [1.29, 1.82) is 0 Å². The van der Waals surface area contributed by atoms with E-state index < -0.39 is 0 Å². The number of nitrogens with two attached hydrogens (primary N) is 1. The van der Waals surface area contributed by atoms with Crippen molar-refractivity contribution in [2.24, 2.45) is 5.73 Å². The van der Waals surface area contributed by atoms with Crippen LogP contribution in [0.25, 0.3) is 46.4 Å². The Balaban J connectivity index is 1.83. The molecule has 5 heterocycles. The van der Waals surface area contributed by atoms with Gasteiger partial charge in [0, 0.05) is 22.1 Å². The van der Waals surface area contributed by atoms with Crippen LogP contribution in [0.15, 0.2) is 42.5 Å². The number of hydrogen-bond acceptors (Lipinski definition) is 3. The van der Waals surface area contributed by atoms with Gasteiger partial charge in [-0.15, -0.1) is 0 Å². The van der Waals surface area contributed by atoms with Crippen molar-refractivity contribution in [2.45, 2.75) is 6.42 Å². The minimum atomic E-state index is 0.609. The highest BCUT2D eigenvalue weighted by Gasteiger charge is 2.04. The van der Waals surface area contributed by atoms with E-state index in [9.17, 15) is 0 Å². The predicted octanol–water partition coefficient (Wildman–Crippen LogP) is 4.16. The highest BCUT2D eigenvalue weighted by Crippen LogP contribution is 2.19. The summed E-state index contributed by atoms with van der Waals surface area (Å²) in [6, 6.07) is 14.5. The predicted molar refractivity (Wildman–Crippen MR) is 112 cm³/mol. The van der Waals surface area contributed by atoms with Crippen LogP contribution in [0.1, 0.15) is 28.3 Å². The average Bonchev–Trinajstić information content (AvgIpc) is 3.41. The summed E-state index contributed by atoms with van der Waals surface area (Å²) < 4.78 is 0. The van der Waals surface area contributed by atoms with E-state index in [0.29, 0.717) is 6.54 Å². The lowest BCUT2D eigenvalue weighted by atomic mass is 10.2. The van der Waals surface area contributed by atoms with Crippen LogP contribution >= 0.6 is 0 Å². The molecule has 8 bridgehead atoms. The molecular formula is C22H19N5. The van der Waals surface area contributed by atoms with Crippen molar-refractivity contribution in [2.75, 3.05) is 6.54 Å². The molecule has 0 aliphatic carbocycles. The first-order valence-corrected chi connectivity index (χ1v) is 9.03. The molecule has 0 fully saturated rings. The lowest BCUT2D eigenvalue weighted by molar-refractivity contribution is 0.979. The van der Waals surface area contributed by atoms with Crippen molar-refractivity contribution < 1.29 is 0 Å². The number of nitrogens with zero attached hydrogens (tertiary/aromatic N) is 2. The van der Waals surface area contributed by atoms with Gasteiger partial charge in [0.2, 0.25) is 0 Å². The molecule has 27 heavy (non-hydrogen) atoms. The fourth-order valence-corrected chi connectivity index (χ4v) is 3.44. The first-order valence-electron chi connectivity index (χ1n) is 9.03. The van der Waals surface area contributed by atoms with Gasteiger partial charge in [0.05, 0.1) is 22.8 Å². The Labute approximate surface area is 156 Å². The average molecular weight is 353 g/mol. The lowest BCUT2D eigenvalue weighted by Gasteiger charge is -1.93. The Kier molecular flexibility index (Phi) is 3.73. The molecular weight excluding hydrogens is 334 g/mol. The van der Waals surface area contributed by atoms with E-state index in [2.05, 4.69) is 45.3 Å². The van der Waals surface area contributed by atoms with E-state index in [-0.39, 0.29) is 0 Å². The van der Waals surface area contributed by atoms with Gasteiger partial charge in [0.25, 0.3) is 0 Å². The second kappa shape index (κ2) is 6.37. The van der Waals surface area contributed by atoms with Crippen molar-refractivity contribution in [3.05, 3.63) is 70.8 Å². The molecule has 0 aromatic carbocycles. The third-order valence-electron chi connectivity index (χ3n) is 4.67. The Hall–Kier alpha value is -3.44. The molecule has 132 valence electrons. The molecule has 0 atom stereocenters. The smallest absolute Gasteiger partial charge is 0.0659 e. The highest BCUT2D eigenvalue weighted by atomic mass is 14.8. The van der Waals surface area contributed by atoms with Crippen LogP contribution < -0.4 is 5.73 Å². The number of nitrogens with one attached hydrogen (secondary N) is 2. The van der Waals surface area contributed by atoms with Crippen LogP contribution in [-0.4, -0.2) is 26.5 Å². The van der Waals surface area contributed by atoms with Gasteiger partial charge >= 0.3 is 0 Å². The monoisotopic (exact) mass is 353 g/mol. The topological polar surface area (TPSA) is 83.4 Å². The molecule has 5 heteroatoms. The Morgan fingerprint density at radius 3 is 2.00 bits per heavy atom. The number of H-pyrrole nitrogens is 2. The molecule has 3 aromatic heterocycles. The zero-order chi connectivity index (χ0) is 18.2. The van der Waals surface area contributed by atoms with Gasteiger partial charge in [-0.2, -0.15) is 0 Å². The molecule has 5 rings (SSSR count). The maximum absolute atomic E-state index is 5.80. The van der Waals surface area contributed by atoms with E-state index in [1.165, 1.54) is 5.56 Å². The van der Waals surface area contributed by atoms with Gasteiger partial charge in [-0.25, -0.2) is 9.97 Å². The summed E-state index contributed by atoms with van der Waals surface area (Å²) in [7, 11) is 0. The van der Waals surface area contributed by atoms with Crippen molar-refractivity contribution >= 4 is 46.4 Å². The number of fused-ring (bicyclic) bond motifs is 8. The standard InChI is InChI=1S/C22H19N5/c23-8-7-14-9-21-12-19-4-3-17(25-19)10-15-1-2-16(24-15)11-18-5-6-20(26-18)13-22(14)27-21/h1-6,9-13,25,27H,7-8,23H2. The fraction of sp³-hybridized carbons (Fsp3) is 0.0909. The van der Waals surface area contributed by atoms with Crippen LogP contribution in [0.4, 0.5) is 0 Å². The molecule has 2 aliphatic rings. The fourth-order valence-electron chi connectivity index (χ4n) is 3.44. The van der Waals surface area contributed by atoms with E-state index in [0.717, 1.165) is 51.3 Å². The largest absolute Gasteiger partial charge is 0.355 e. The summed E-state index contributed by atoms with van der Waals surface area (Å²) >= 11 is 0. The maximum atomic E-state index is 5.80. The molecule has 0 amide bonds. The molecule has 2 aliphatic heterocycles. The summed E-state index contributed by atoms with van der Waals surface area (Å²) in [6.45, 7) is 0.609. The highest BCUT2D eigenvalue weighted by molar-refractivity contribution is 5.78. The van der Waals surface area contributed by atoms with Crippen molar-refractivity contribution in [1.82, 2.24) is 19.9 Å². The van der Waals surface area contributed by atoms with Crippen LogP contribution in [0.3, 0.4) is 0 Å². The zero-order valence-electron chi connectivity index (χ0n) is 14.7. The van der Waals surface area contributed by atoms with Crippen LogP contribution in [0.2, 0.25) is 0 Å². The first-order chi connectivity index (χ1) is 13.2. The number of aromatic amines is 2. The molecule has 0 saturated carbocycles. The summed E-state index contributed by atoms with van der Waals surface area (Å²) in [6.07, 6.45) is 8.87. The van der Waals surface area contributed by atoms with E-state index in [1.807, 2.05) is 36.4 Å². The number of rotatable bonds is 2. The summed E-state index contributed by atoms with van der Waals surface area (Å²) in [4.78, 5) is 16.2. The molecule has 0 spiro atoms. The number of aromatic nitrogens is 4. The molecule has 0 saturated heterocycles. The van der Waals surface area contributed by atoms with E-state index in [1.54, 1.807) is 0 Å². The van der Waals surface area contributed by atoms with Crippen LogP contribution in [-0.2, 0) is 6.42 Å². The molecule has 0 unspecified atom stereocenters. The maximum Gasteiger partial charge on any atom is 0.0659 e. The molecule has 4 N–H and O–H groups in total. The van der Waals surface area contributed by atoms with Gasteiger partial charge in [0.1, 0.15) is 0 Å². The minimum Gasteiger partial charge on any atom is -0.355 e. The Morgan fingerprint density at radius 2 is 1.30 bits per heavy atom.